The fourth-order valence-electron chi connectivity index (χ4n) is 3.32. The molecule has 25 heavy (non-hydrogen) atoms. The molecule has 1 saturated heterocycles. The number of nitrogens with zero attached hydrogens (tertiary/aromatic N) is 2. The van der Waals surface area contributed by atoms with Crippen molar-refractivity contribution in [3.05, 3.63) is 29.3 Å². The molecule has 0 aromatic heterocycles. The summed E-state index contributed by atoms with van der Waals surface area (Å²) in [4.78, 5) is 16.2. The average Bonchev–Trinajstić information content (AvgIpc) is 2.81. The Kier molecular flexibility index (Phi) is 5.31. The minimum absolute atomic E-state index is 0.0438. The highest BCUT2D eigenvalue weighted by Gasteiger charge is 2.32. The van der Waals surface area contributed by atoms with Crippen LogP contribution < -0.4 is 4.74 Å². The van der Waals surface area contributed by atoms with Crippen LogP contribution >= 0.6 is 0 Å². The maximum atomic E-state index is 12.7. The lowest BCUT2D eigenvalue weighted by Gasteiger charge is -2.26. The smallest absolute Gasteiger partial charge is 0.237 e. The van der Waals surface area contributed by atoms with Crippen LogP contribution in [0.3, 0.4) is 0 Å². The van der Waals surface area contributed by atoms with E-state index in [-0.39, 0.29) is 36.6 Å². The molecule has 0 spiro atoms. The Morgan fingerprint density at radius 2 is 2.24 bits per heavy atom. The Bertz CT molecular complexity index is 749. The van der Waals surface area contributed by atoms with Gasteiger partial charge in [0, 0.05) is 18.2 Å². The summed E-state index contributed by atoms with van der Waals surface area (Å²) in [6.45, 7) is 1.46. The predicted octanol–water partition coefficient (Wildman–Crippen LogP) is 0.0188. The van der Waals surface area contributed by atoms with E-state index in [1.165, 1.54) is 0 Å². The second kappa shape index (κ2) is 7.31. The molecule has 1 amide bonds. The normalized spacial score (nSPS) is 22.4. The first-order valence-corrected chi connectivity index (χ1v) is 10.2. The summed E-state index contributed by atoms with van der Waals surface area (Å²) in [6.07, 6.45) is 0.581. The standard InChI is InChI=1S/C17H24N2O5S/c1-18(15-4-7-25(22,23)12-15)10-17(21)19-5-6-24-16-3-2-13(11-20)8-14(16)9-19/h2-3,8,15,20H,4-7,9-12H2,1H3/t15-/m1/s1. The quantitative estimate of drug-likeness (QED) is 0.806. The van der Waals surface area contributed by atoms with Gasteiger partial charge in [-0.2, -0.15) is 0 Å². The van der Waals surface area contributed by atoms with Crippen molar-refractivity contribution in [2.45, 2.75) is 25.6 Å². The Morgan fingerprint density at radius 1 is 1.44 bits per heavy atom. The van der Waals surface area contributed by atoms with E-state index in [1.54, 1.807) is 11.9 Å². The number of hydrogen-bond acceptors (Lipinski definition) is 6. The number of carbonyl (C=O) groups is 1. The lowest BCUT2D eigenvalue weighted by Crippen LogP contribution is -2.43. The fraction of sp³-hybridized carbons (Fsp3) is 0.588. The molecule has 1 aromatic rings. The minimum atomic E-state index is -2.96. The second-order valence-corrected chi connectivity index (χ2v) is 8.96. The first kappa shape index (κ1) is 18.2. The molecule has 0 saturated carbocycles. The van der Waals surface area contributed by atoms with Crippen LogP contribution in [0.2, 0.25) is 0 Å². The van der Waals surface area contributed by atoms with E-state index < -0.39 is 9.84 Å². The molecule has 1 atom stereocenters. The Morgan fingerprint density at radius 3 is 2.92 bits per heavy atom. The van der Waals surface area contributed by atoms with E-state index in [1.807, 2.05) is 23.1 Å². The SMILES string of the molecule is CN(CC(=O)N1CCOc2ccc(CO)cc2C1)[C@@H]1CCS(=O)(=O)C1. The number of ether oxygens (including phenoxy) is 1. The molecule has 1 fully saturated rings. The number of fused-ring (bicyclic) bond motifs is 1. The molecule has 0 unspecified atom stereocenters. The summed E-state index contributed by atoms with van der Waals surface area (Å²) in [5.41, 5.74) is 1.66. The molecule has 1 aromatic carbocycles. The van der Waals surface area contributed by atoms with Gasteiger partial charge < -0.3 is 14.7 Å². The molecule has 0 aliphatic carbocycles. The predicted molar refractivity (Wildman–Crippen MR) is 93.0 cm³/mol. The van der Waals surface area contributed by atoms with Gasteiger partial charge in [0.05, 0.1) is 31.2 Å². The molecular weight excluding hydrogens is 344 g/mol. The third kappa shape index (κ3) is 4.31. The maximum Gasteiger partial charge on any atom is 0.237 e. The minimum Gasteiger partial charge on any atom is -0.491 e. The van der Waals surface area contributed by atoms with Crippen molar-refractivity contribution in [2.24, 2.45) is 0 Å². The number of hydrogen-bond donors (Lipinski definition) is 1. The molecule has 2 heterocycles. The number of likely N-dealkylation sites (N-methyl/N-ethyl adjacent to an activating group) is 1. The zero-order valence-electron chi connectivity index (χ0n) is 14.3. The van der Waals surface area contributed by atoms with Gasteiger partial charge in [0.2, 0.25) is 5.91 Å². The Labute approximate surface area is 148 Å². The zero-order chi connectivity index (χ0) is 18.0. The first-order chi connectivity index (χ1) is 11.9. The highest BCUT2D eigenvalue weighted by molar-refractivity contribution is 7.91. The van der Waals surface area contributed by atoms with Crippen molar-refractivity contribution in [1.82, 2.24) is 9.80 Å². The first-order valence-electron chi connectivity index (χ1n) is 8.42. The zero-order valence-corrected chi connectivity index (χ0v) is 15.2. The molecule has 138 valence electrons. The molecule has 3 rings (SSSR count). The summed E-state index contributed by atoms with van der Waals surface area (Å²) in [6, 6.07) is 5.40. The Balaban J connectivity index is 1.65. The summed E-state index contributed by atoms with van der Waals surface area (Å²) >= 11 is 0. The molecule has 0 bridgehead atoms. The highest BCUT2D eigenvalue weighted by atomic mass is 32.2. The van der Waals surface area contributed by atoms with Gasteiger partial charge in [-0.05, 0) is 31.2 Å². The number of amides is 1. The van der Waals surface area contributed by atoms with E-state index in [9.17, 15) is 18.3 Å². The summed E-state index contributed by atoms with van der Waals surface area (Å²) < 4.78 is 28.9. The molecular formula is C17H24N2O5S. The molecule has 2 aliphatic heterocycles. The molecule has 7 nitrogen and oxygen atoms in total. The van der Waals surface area contributed by atoms with E-state index >= 15 is 0 Å². The second-order valence-electron chi connectivity index (χ2n) is 6.74. The van der Waals surface area contributed by atoms with Gasteiger partial charge in [-0.3, -0.25) is 9.69 Å². The van der Waals surface area contributed by atoms with Gasteiger partial charge in [-0.15, -0.1) is 0 Å². The van der Waals surface area contributed by atoms with Crippen LogP contribution in [-0.2, 0) is 27.8 Å². The molecule has 1 N–H and O–H groups in total. The van der Waals surface area contributed by atoms with Crippen LogP contribution in [0.15, 0.2) is 18.2 Å². The van der Waals surface area contributed by atoms with Crippen LogP contribution in [0.25, 0.3) is 0 Å². The van der Waals surface area contributed by atoms with Crippen molar-refractivity contribution in [2.75, 3.05) is 38.2 Å². The van der Waals surface area contributed by atoms with Crippen LogP contribution in [0.4, 0.5) is 0 Å². The van der Waals surface area contributed by atoms with E-state index in [2.05, 4.69) is 0 Å². The van der Waals surface area contributed by atoms with Gasteiger partial charge in [0.15, 0.2) is 9.84 Å². The molecule has 0 radical (unpaired) electrons. The summed E-state index contributed by atoms with van der Waals surface area (Å²) in [5, 5.41) is 9.29. The number of rotatable bonds is 4. The van der Waals surface area contributed by atoms with Gasteiger partial charge in [-0.1, -0.05) is 6.07 Å². The lowest BCUT2D eigenvalue weighted by molar-refractivity contribution is -0.133. The van der Waals surface area contributed by atoms with E-state index in [0.29, 0.717) is 26.1 Å². The van der Waals surface area contributed by atoms with Gasteiger partial charge in [0.1, 0.15) is 12.4 Å². The Hall–Kier alpha value is -1.64. The highest BCUT2D eigenvalue weighted by Crippen LogP contribution is 2.25. The third-order valence-electron chi connectivity index (χ3n) is 4.86. The van der Waals surface area contributed by atoms with Gasteiger partial charge in [0.25, 0.3) is 0 Å². The number of aliphatic hydroxyl groups excluding tert-OH is 1. The molecule has 8 heteroatoms. The van der Waals surface area contributed by atoms with Gasteiger partial charge >= 0.3 is 0 Å². The number of sulfone groups is 1. The van der Waals surface area contributed by atoms with Crippen LogP contribution in [-0.4, -0.2) is 73.5 Å². The lowest BCUT2D eigenvalue weighted by atomic mass is 10.1. The number of carbonyl (C=O) groups excluding carboxylic acids is 1. The van der Waals surface area contributed by atoms with Crippen molar-refractivity contribution in [3.8, 4) is 5.75 Å². The van der Waals surface area contributed by atoms with Gasteiger partial charge in [-0.25, -0.2) is 8.42 Å². The van der Waals surface area contributed by atoms with Crippen molar-refractivity contribution in [3.63, 3.8) is 0 Å². The average molecular weight is 368 g/mol. The number of aliphatic hydroxyl groups is 1. The third-order valence-corrected chi connectivity index (χ3v) is 6.61. The summed E-state index contributed by atoms with van der Waals surface area (Å²) in [5.74, 6) is 1.02. The monoisotopic (exact) mass is 368 g/mol. The van der Waals surface area contributed by atoms with Crippen molar-refractivity contribution >= 4 is 15.7 Å². The number of benzene rings is 1. The summed E-state index contributed by atoms with van der Waals surface area (Å²) in [7, 11) is -1.16. The van der Waals surface area contributed by atoms with Crippen LogP contribution in [0.1, 0.15) is 17.5 Å². The van der Waals surface area contributed by atoms with Crippen molar-refractivity contribution < 1.29 is 23.1 Å². The molecule has 2 aliphatic rings. The van der Waals surface area contributed by atoms with E-state index in [0.717, 1.165) is 16.9 Å². The van der Waals surface area contributed by atoms with Crippen LogP contribution in [0.5, 0.6) is 5.75 Å². The van der Waals surface area contributed by atoms with E-state index in [4.69, 9.17) is 4.74 Å². The maximum absolute atomic E-state index is 12.7. The van der Waals surface area contributed by atoms with Crippen LogP contribution in [0, 0.1) is 0 Å². The largest absolute Gasteiger partial charge is 0.491 e. The fourth-order valence-corrected chi connectivity index (χ4v) is 5.13. The van der Waals surface area contributed by atoms with Crippen molar-refractivity contribution in [1.29, 1.82) is 0 Å². The topological polar surface area (TPSA) is 87.2 Å².